The van der Waals surface area contributed by atoms with Gasteiger partial charge in [0, 0.05) is 39.0 Å². The minimum atomic E-state index is -3.60. The summed E-state index contributed by atoms with van der Waals surface area (Å²) in [5.74, 6) is -0.539. The Labute approximate surface area is 195 Å². The van der Waals surface area contributed by atoms with Gasteiger partial charge in [0.25, 0.3) is 0 Å². The summed E-state index contributed by atoms with van der Waals surface area (Å²) in [5, 5.41) is 2.69. The molecule has 2 aromatic rings. The van der Waals surface area contributed by atoms with Gasteiger partial charge in [0.05, 0.1) is 4.90 Å². The third-order valence-corrected chi connectivity index (χ3v) is 8.89. The van der Waals surface area contributed by atoms with Crippen LogP contribution in [0.25, 0.3) is 0 Å². The molecule has 0 aliphatic carbocycles. The number of piperidine rings is 1. The van der Waals surface area contributed by atoms with Crippen LogP contribution in [0.4, 0.5) is 0 Å². The summed E-state index contributed by atoms with van der Waals surface area (Å²) >= 11 is 0. The van der Waals surface area contributed by atoms with Crippen LogP contribution >= 0.6 is 0 Å². The highest BCUT2D eigenvalue weighted by Crippen LogP contribution is 2.30. The zero-order valence-electron chi connectivity index (χ0n) is 19.4. The molecule has 1 atom stereocenters. The molecule has 8 heteroatoms. The van der Waals surface area contributed by atoms with Gasteiger partial charge in [-0.3, -0.25) is 9.59 Å². The van der Waals surface area contributed by atoms with Crippen molar-refractivity contribution >= 4 is 21.8 Å². The number of hydrogen-bond acceptors (Lipinski definition) is 4. The highest BCUT2D eigenvalue weighted by atomic mass is 32.2. The van der Waals surface area contributed by atoms with Crippen LogP contribution in [0.2, 0.25) is 0 Å². The molecule has 0 saturated carbocycles. The Bertz CT molecular complexity index is 1170. The number of carbonyl (C=O) groups is 2. The minimum absolute atomic E-state index is 0.0682. The average Bonchev–Trinajstić information content (AvgIpc) is 2.83. The molecule has 33 heavy (non-hydrogen) atoms. The van der Waals surface area contributed by atoms with E-state index in [-0.39, 0.29) is 17.7 Å². The summed E-state index contributed by atoms with van der Waals surface area (Å²) in [5.41, 5.74) is 4.13. The molecule has 1 saturated heterocycles. The highest BCUT2D eigenvalue weighted by molar-refractivity contribution is 7.89. The van der Waals surface area contributed by atoms with Gasteiger partial charge in [0.15, 0.2) is 0 Å². The van der Waals surface area contributed by atoms with E-state index in [0.717, 1.165) is 22.3 Å². The van der Waals surface area contributed by atoms with Gasteiger partial charge in [-0.1, -0.05) is 30.3 Å². The minimum Gasteiger partial charge on any atom is -0.357 e. The van der Waals surface area contributed by atoms with E-state index < -0.39 is 16.1 Å². The van der Waals surface area contributed by atoms with Crippen LogP contribution in [0.1, 0.15) is 35.1 Å². The van der Waals surface area contributed by atoms with Crippen molar-refractivity contribution in [2.45, 2.75) is 50.6 Å². The number of sulfonamides is 1. The summed E-state index contributed by atoms with van der Waals surface area (Å²) in [4.78, 5) is 28.0. The lowest BCUT2D eigenvalue weighted by molar-refractivity contribution is -0.145. The van der Waals surface area contributed by atoms with E-state index in [1.807, 2.05) is 44.2 Å². The first-order valence-corrected chi connectivity index (χ1v) is 12.8. The number of carbonyl (C=O) groups excluding carboxylic acids is 2. The number of aryl methyl sites for hydroxylation is 2. The first-order valence-electron chi connectivity index (χ1n) is 11.4. The second kappa shape index (κ2) is 9.27. The van der Waals surface area contributed by atoms with Gasteiger partial charge < -0.3 is 10.2 Å². The number of benzene rings is 2. The Morgan fingerprint density at radius 3 is 2.27 bits per heavy atom. The molecule has 1 fully saturated rings. The lowest BCUT2D eigenvalue weighted by Crippen LogP contribution is -2.54. The number of fused-ring (bicyclic) bond motifs is 1. The van der Waals surface area contributed by atoms with Gasteiger partial charge >= 0.3 is 0 Å². The second-order valence-corrected chi connectivity index (χ2v) is 10.9. The van der Waals surface area contributed by atoms with E-state index >= 15 is 0 Å². The maximum atomic E-state index is 13.5. The van der Waals surface area contributed by atoms with Crippen LogP contribution in [0.15, 0.2) is 47.4 Å². The molecule has 2 heterocycles. The van der Waals surface area contributed by atoms with Crippen LogP contribution in [0, 0.1) is 19.8 Å². The zero-order valence-corrected chi connectivity index (χ0v) is 20.2. The lowest BCUT2D eigenvalue weighted by Gasteiger charge is -2.39. The Balaban J connectivity index is 1.48. The highest BCUT2D eigenvalue weighted by Gasteiger charge is 2.39. The molecule has 0 unspecified atom stereocenters. The van der Waals surface area contributed by atoms with E-state index in [2.05, 4.69) is 5.32 Å². The Morgan fingerprint density at radius 2 is 1.64 bits per heavy atom. The molecule has 2 aliphatic heterocycles. The largest absolute Gasteiger partial charge is 0.357 e. The molecule has 7 nitrogen and oxygen atoms in total. The SMILES string of the molecule is CNC(=O)[C@H]1Cc2ccccc2CN1C(=O)C1CCN(S(=O)(=O)c2ccc(C)c(C)c2)CC1. The van der Waals surface area contributed by atoms with E-state index in [4.69, 9.17) is 0 Å². The zero-order chi connectivity index (χ0) is 23.8. The molecule has 0 spiro atoms. The molecule has 2 aliphatic rings. The molecule has 1 N–H and O–H groups in total. The number of hydrogen-bond donors (Lipinski definition) is 1. The fourth-order valence-corrected chi connectivity index (χ4v) is 6.31. The fraction of sp³-hybridized carbons (Fsp3) is 0.440. The van der Waals surface area contributed by atoms with Gasteiger partial charge in [0.1, 0.15) is 6.04 Å². The smallest absolute Gasteiger partial charge is 0.243 e. The topological polar surface area (TPSA) is 86.8 Å². The molecule has 0 bridgehead atoms. The number of likely N-dealkylation sites (N-methyl/N-ethyl adjacent to an activating group) is 1. The third kappa shape index (κ3) is 4.54. The fourth-order valence-electron chi connectivity index (χ4n) is 4.76. The van der Waals surface area contributed by atoms with Crippen LogP contribution in [-0.4, -0.2) is 55.6 Å². The summed E-state index contributed by atoms with van der Waals surface area (Å²) < 4.78 is 27.7. The molecule has 4 rings (SSSR count). The molecular formula is C25H31N3O4S. The number of rotatable bonds is 4. The predicted octanol–water partition coefficient (Wildman–Crippen LogP) is 2.40. The number of amides is 2. The summed E-state index contributed by atoms with van der Waals surface area (Å²) in [6, 6.07) is 12.5. The first kappa shape index (κ1) is 23.4. The maximum Gasteiger partial charge on any atom is 0.243 e. The predicted molar refractivity (Wildman–Crippen MR) is 126 cm³/mol. The van der Waals surface area contributed by atoms with Crippen LogP contribution in [-0.2, 0) is 32.6 Å². The second-order valence-electron chi connectivity index (χ2n) is 8.99. The lowest BCUT2D eigenvalue weighted by atomic mass is 9.90. The van der Waals surface area contributed by atoms with Crippen molar-refractivity contribution in [2.75, 3.05) is 20.1 Å². The Kier molecular flexibility index (Phi) is 6.59. The van der Waals surface area contributed by atoms with E-state index in [0.29, 0.717) is 43.8 Å². The molecule has 176 valence electrons. The normalized spacial score (nSPS) is 19.7. The van der Waals surface area contributed by atoms with Crippen molar-refractivity contribution in [3.8, 4) is 0 Å². The van der Waals surface area contributed by atoms with Crippen LogP contribution in [0.5, 0.6) is 0 Å². The Hall–Kier alpha value is -2.71. The number of nitrogens with one attached hydrogen (secondary N) is 1. The third-order valence-electron chi connectivity index (χ3n) is 7.00. The van der Waals surface area contributed by atoms with E-state index in [1.165, 1.54) is 4.31 Å². The van der Waals surface area contributed by atoms with Crippen molar-refractivity contribution in [3.63, 3.8) is 0 Å². The molecule has 2 amide bonds. The Morgan fingerprint density at radius 1 is 0.970 bits per heavy atom. The van der Waals surface area contributed by atoms with Crippen LogP contribution < -0.4 is 5.32 Å². The van der Waals surface area contributed by atoms with Crippen molar-refractivity contribution in [2.24, 2.45) is 5.92 Å². The average molecular weight is 470 g/mol. The summed E-state index contributed by atoms with van der Waals surface area (Å²) in [7, 11) is -2.01. The standard InChI is InChI=1S/C25H31N3O4S/c1-17-8-9-22(14-18(17)2)33(31,32)27-12-10-19(11-13-27)25(30)28-16-21-7-5-4-6-20(21)15-23(28)24(29)26-3/h4-9,14,19,23H,10-13,15-16H2,1-3H3,(H,26,29)/t23-/m1/s1. The first-order chi connectivity index (χ1) is 15.7. The number of nitrogens with zero attached hydrogens (tertiary/aromatic N) is 2. The molecule has 0 radical (unpaired) electrons. The molecule has 0 aromatic heterocycles. The van der Waals surface area contributed by atoms with Gasteiger partial charge in [0.2, 0.25) is 21.8 Å². The van der Waals surface area contributed by atoms with Gasteiger partial charge in [-0.15, -0.1) is 0 Å². The molecular weight excluding hydrogens is 438 g/mol. The van der Waals surface area contributed by atoms with Crippen molar-refractivity contribution in [1.29, 1.82) is 0 Å². The van der Waals surface area contributed by atoms with E-state index in [1.54, 1.807) is 24.1 Å². The summed E-state index contributed by atoms with van der Waals surface area (Å²) in [6.07, 6.45) is 1.38. The summed E-state index contributed by atoms with van der Waals surface area (Å²) in [6.45, 7) is 4.84. The van der Waals surface area contributed by atoms with Crippen molar-refractivity contribution in [1.82, 2.24) is 14.5 Å². The van der Waals surface area contributed by atoms with Gasteiger partial charge in [-0.05, 0) is 61.1 Å². The van der Waals surface area contributed by atoms with Crippen LogP contribution in [0.3, 0.4) is 0 Å². The van der Waals surface area contributed by atoms with Crippen molar-refractivity contribution in [3.05, 3.63) is 64.7 Å². The quantitative estimate of drug-likeness (QED) is 0.745. The monoisotopic (exact) mass is 469 g/mol. The van der Waals surface area contributed by atoms with E-state index in [9.17, 15) is 18.0 Å². The van der Waals surface area contributed by atoms with Gasteiger partial charge in [-0.2, -0.15) is 4.31 Å². The molecule has 2 aromatic carbocycles. The van der Waals surface area contributed by atoms with Gasteiger partial charge in [-0.25, -0.2) is 8.42 Å². The van der Waals surface area contributed by atoms with Crippen molar-refractivity contribution < 1.29 is 18.0 Å². The maximum absolute atomic E-state index is 13.5.